The molecule has 0 atom stereocenters. The van der Waals surface area contributed by atoms with Gasteiger partial charge in [-0.15, -0.1) is 0 Å². The van der Waals surface area contributed by atoms with Crippen LogP contribution in [0.25, 0.3) is 0 Å². The lowest BCUT2D eigenvalue weighted by Crippen LogP contribution is -2.27. The molecule has 26 heavy (non-hydrogen) atoms. The predicted octanol–water partition coefficient (Wildman–Crippen LogP) is 3.96. The molecule has 4 nitrogen and oxygen atoms in total. The second-order valence-corrected chi connectivity index (χ2v) is 7.15. The van der Waals surface area contributed by atoms with Crippen LogP contribution < -0.4 is 4.72 Å². The topological polar surface area (TPSA) is 59.1 Å². The lowest BCUT2D eigenvalue weighted by molar-refractivity contribution is -0.138. The van der Waals surface area contributed by atoms with Crippen molar-refractivity contribution in [3.63, 3.8) is 0 Å². The molecule has 2 aromatic rings. The normalized spacial score (nSPS) is 12.5. The first-order valence-electron chi connectivity index (χ1n) is 6.70. The van der Waals surface area contributed by atoms with Crippen LogP contribution in [-0.2, 0) is 22.7 Å². The minimum atomic E-state index is -5.06. The van der Waals surface area contributed by atoms with E-state index in [2.05, 4.69) is 4.98 Å². The Kier molecular flexibility index (Phi) is 5.54. The third kappa shape index (κ3) is 3.79. The van der Waals surface area contributed by atoms with Crippen LogP contribution in [0.5, 0.6) is 0 Å². The average Bonchev–Trinajstić information content (AvgIpc) is 2.56. The molecule has 1 aromatic heterocycles. The Balaban J connectivity index is 2.44. The van der Waals surface area contributed by atoms with Crippen molar-refractivity contribution in [2.24, 2.45) is 0 Å². The summed E-state index contributed by atoms with van der Waals surface area (Å²) in [5, 5.41) is -0.957. The predicted molar refractivity (Wildman–Crippen MR) is 79.3 cm³/mol. The molecular weight excluding hydrogens is 410 g/mol. The Bertz CT molecular complexity index is 934. The van der Waals surface area contributed by atoms with Gasteiger partial charge in [-0.25, -0.2) is 26.3 Å². The number of alkyl halides is 3. The van der Waals surface area contributed by atoms with Gasteiger partial charge in [0.05, 0.1) is 10.6 Å². The monoisotopic (exact) mass is 418 g/mol. The van der Waals surface area contributed by atoms with Gasteiger partial charge < -0.3 is 0 Å². The van der Waals surface area contributed by atoms with E-state index in [9.17, 15) is 34.8 Å². The van der Waals surface area contributed by atoms with E-state index in [4.69, 9.17) is 11.6 Å². The van der Waals surface area contributed by atoms with Gasteiger partial charge in [-0.3, -0.25) is 4.98 Å². The van der Waals surface area contributed by atoms with Crippen LogP contribution in [-0.4, -0.2) is 13.4 Å². The fourth-order valence-electron chi connectivity index (χ4n) is 2.05. The molecule has 0 saturated heterocycles. The summed E-state index contributed by atoms with van der Waals surface area (Å²) in [5.74, 6) is -5.47. The van der Waals surface area contributed by atoms with Crippen molar-refractivity contribution < 1.29 is 34.8 Å². The molecule has 0 spiro atoms. The number of benzene rings is 1. The molecule has 12 heteroatoms. The Morgan fingerprint density at radius 2 is 1.77 bits per heavy atom. The van der Waals surface area contributed by atoms with E-state index in [1.165, 1.54) is 0 Å². The van der Waals surface area contributed by atoms with Crippen molar-refractivity contribution in [1.29, 1.82) is 0 Å². The fourth-order valence-corrected chi connectivity index (χ4v) is 3.43. The highest BCUT2D eigenvalue weighted by Gasteiger charge is 2.35. The largest absolute Gasteiger partial charge is 0.416 e. The maximum Gasteiger partial charge on any atom is 0.416 e. The van der Waals surface area contributed by atoms with Gasteiger partial charge >= 0.3 is 6.18 Å². The van der Waals surface area contributed by atoms with E-state index in [-0.39, 0.29) is 0 Å². The maximum atomic E-state index is 14.0. The first-order valence-corrected chi connectivity index (χ1v) is 8.56. The first-order chi connectivity index (χ1) is 11.9. The number of halogens is 7. The average molecular weight is 419 g/mol. The Morgan fingerprint density at radius 1 is 1.15 bits per heavy atom. The molecule has 0 aliphatic rings. The number of nitrogens with one attached hydrogen (secondary N) is 1. The third-order valence-corrected chi connectivity index (χ3v) is 5.24. The Morgan fingerprint density at radius 3 is 2.35 bits per heavy atom. The second kappa shape index (κ2) is 7.05. The van der Waals surface area contributed by atoms with Gasteiger partial charge in [0.2, 0.25) is 10.0 Å². The van der Waals surface area contributed by atoms with Crippen LogP contribution in [0, 0.1) is 24.4 Å². The summed E-state index contributed by atoms with van der Waals surface area (Å²) in [7, 11) is -5.06. The molecular formula is C14H9ClF6N2O2S. The number of hydrogen-bond donors (Lipinski definition) is 1. The zero-order chi connectivity index (χ0) is 19.9. The van der Waals surface area contributed by atoms with Gasteiger partial charge in [-0.1, -0.05) is 11.6 Å². The van der Waals surface area contributed by atoms with Crippen molar-refractivity contribution in [1.82, 2.24) is 9.71 Å². The zero-order valence-electron chi connectivity index (χ0n) is 12.8. The minimum absolute atomic E-state index is 0.594. The molecule has 0 unspecified atom stereocenters. The van der Waals surface area contributed by atoms with Crippen LogP contribution in [0.2, 0.25) is 5.02 Å². The molecule has 0 radical (unpaired) electrons. The third-order valence-electron chi connectivity index (χ3n) is 3.37. The molecule has 1 N–H and O–H groups in total. The summed E-state index contributed by atoms with van der Waals surface area (Å²) < 4.78 is 106. The van der Waals surface area contributed by atoms with Crippen LogP contribution in [0.1, 0.15) is 16.7 Å². The van der Waals surface area contributed by atoms with E-state index >= 15 is 0 Å². The highest BCUT2D eigenvalue weighted by molar-refractivity contribution is 7.89. The number of aromatic nitrogens is 1. The van der Waals surface area contributed by atoms with Crippen molar-refractivity contribution in [3.8, 4) is 0 Å². The molecule has 0 aliphatic heterocycles. The number of pyridine rings is 1. The van der Waals surface area contributed by atoms with Crippen molar-refractivity contribution in [3.05, 3.63) is 57.6 Å². The number of sulfonamides is 1. The van der Waals surface area contributed by atoms with Crippen molar-refractivity contribution in [2.75, 3.05) is 0 Å². The minimum Gasteiger partial charge on any atom is -0.264 e. The summed E-state index contributed by atoms with van der Waals surface area (Å²) in [6, 6.07) is 0.604. The summed E-state index contributed by atoms with van der Waals surface area (Å²) in [5.41, 5.74) is -2.43. The molecule has 2 rings (SSSR count). The molecule has 1 aromatic carbocycles. The molecule has 0 fully saturated rings. The summed E-state index contributed by atoms with van der Waals surface area (Å²) in [6.07, 6.45) is -3.23. The van der Waals surface area contributed by atoms with Crippen LogP contribution >= 0.6 is 11.6 Å². The highest BCUT2D eigenvalue weighted by Crippen LogP contribution is 2.33. The Hall–Kier alpha value is -1.85. The van der Waals surface area contributed by atoms with Gasteiger partial charge in [0.25, 0.3) is 0 Å². The van der Waals surface area contributed by atoms with E-state index < -0.39 is 66.8 Å². The molecule has 142 valence electrons. The van der Waals surface area contributed by atoms with Crippen LogP contribution in [0.15, 0.2) is 23.4 Å². The van der Waals surface area contributed by atoms with E-state index in [0.29, 0.717) is 6.07 Å². The number of nitrogens with zero attached hydrogens (tertiary/aromatic N) is 1. The molecule has 0 saturated carbocycles. The maximum absolute atomic E-state index is 14.0. The zero-order valence-corrected chi connectivity index (χ0v) is 14.3. The molecule has 0 amide bonds. The van der Waals surface area contributed by atoms with Gasteiger partial charge in [0, 0.05) is 24.5 Å². The lowest BCUT2D eigenvalue weighted by atomic mass is 10.1. The summed E-state index contributed by atoms with van der Waals surface area (Å²) in [6.45, 7) is -0.0596. The Labute approximate surface area is 148 Å². The number of hydrogen-bond acceptors (Lipinski definition) is 3. The fraction of sp³-hybridized carbons (Fsp3) is 0.214. The van der Waals surface area contributed by atoms with E-state index in [0.717, 1.165) is 19.3 Å². The summed E-state index contributed by atoms with van der Waals surface area (Å²) in [4.78, 5) is 1.72. The second-order valence-electron chi connectivity index (χ2n) is 5.07. The lowest BCUT2D eigenvalue weighted by Gasteiger charge is -2.14. The highest BCUT2D eigenvalue weighted by atomic mass is 35.5. The van der Waals surface area contributed by atoms with Crippen molar-refractivity contribution in [2.45, 2.75) is 24.5 Å². The van der Waals surface area contributed by atoms with Gasteiger partial charge in [-0.05, 0) is 18.6 Å². The number of rotatable bonds is 4. The molecule has 0 bridgehead atoms. The quantitative estimate of drug-likeness (QED) is 0.604. The molecule has 1 heterocycles. The van der Waals surface area contributed by atoms with E-state index in [1.54, 1.807) is 4.72 Å². The van der Waals surface area contributed by atoms with Crippen LogP contribution in [0.4, 0.5) is 26.3 Å². The van der Waals surface area contributed by atoms with Gasteiger partial charge in [0.15, 0.2) is 22.3 Å². The van der Waals surface area contributed by atoms with Gasteiger partial charge in [0.1, 0.15) is 0 Å². The summed E-state index contributed by atoms with van der Waals surface area (Å²) >= 11 is 5.44. The van der Waals surface area contributed by atoms with Gasteiger partial charge in [-0.2, -0.15) is 13.2 Å². The molecule has 0 aliphatic carbocycles. The standard InChI is InChI=1S/C14H9ClF6N2O2S/c1-6-9(15)11(17)13(12(18)10(6)16)26(24,25)23-5-7-4-22-3-2-8(7)14(19,20)21/h2-4,23H,5H2,1H3. The first kappa shape index (κ1) is 20.5. The van der Waals surface area contributed by atoms with E-state index in [1.807, 2.05) is 0 Å². The van der Waals surface area contributed by atoms with Crippen molar-refractivity contribution >= 4 is 21.6 Å². The SMILES string of the molecule is Cc1c(F)c(F)c(S(=O)(=O)NCc2cnccc2C(F)(F)F)c(F)c1Cl. The van der Waals surface area contributed by atoms with Crippen LogP contribution in [0.3, 0.4) is 0 Å². The smallest absolute Gasteiger partial charge is 0.264 e.